The van der Waals surface area contributed by atoms with Crippen molar-refractivity contribution in [3.05, 3.63) is 46.2 Å². The molecule has 0 saturated carbocycles. The molecule has 0 atom stereocenters. The van der Waals surface area contributed by atoms with Gasteiger partial charge in [0.2, 0.25) is 0 Å². The Morgan fingerprint density at radius 3 is 2.62 bits per heavy atom. The lowest BCUT2D eigenvalue weighted by Crippen LogP contribution is -2.01. The Morgan fingerprint density at radius 2 is 2.00 bits per heavy atom. The smallest absolute Gasteiger partial charge is 0.338 e. The van der Waals surface area contributed by atoms with E-state index in [1.54, 1.807) is 0 Å². The number of anilines is 2. The molecular weight excluding hydrogens is 222 g/mol. The Bertz CT molecular complexity index is 505. The van der Waals surface area contributed by atoms with Gasteiger partial charge < -0.3 is 10.4 Å². The number of carboxylic acids is 1. The lowest BCUT2D eigenvalue weighted by Gasteiger charge is -2.05. The van der Waals surface area contributed by atoms with Crippen molar-refractivity contribution in [2.45, 2.75) is 6.92 Å². The average Bonchev–Trinajstić information content (AvgIpc) is 2.61. The molecule has 2 rings (SSSR count). The predicted octanol–water partition coefficient (Wildman–Crippen LogP) is 3.50. The first-order chi connectivity index (χ1) is 7.68. The third-order valence-corrected chi connectivity index (χ3v) is 3.15. The van der Waals surface area contributed by atoms with E-state index in [1.165, 1.54) is 11.3 Å². The molecule has 0 aliphatic heterocycles. The van der Waals surface area contributed by atoms with Crippen molar-refractivity contribution in [1.29, 1.82) is 0 Å². The van der Waals surface area contributed by atoms with Gasteiger partial charge in [0, 0.05) is 15.9 Å². The van der Waals surface area contributed by atoms with Crippen LogP contribution in [0, 0.1) is 6.92 Å². The van der Waals surface area contributed by atoms with Crippen LogP contribution in [0.2, 0.25) is 0 Å². The fourth-order valence-electron chi connectivity index (χ4n) is 1.49. The highest BCUT2D eigenvalue weighted by atomic mass is 32.1. The first-order valence-corrected chi connectivity index (χ1v) is 5.70. The molecule has 0 spiro atoms. The van der Waals surface area contributed by atoms with Crippen molar-refractivity contribution >= 4 is 28.7 Å². The van der Waals surface area contributed by atoms with Gasteiger partial charge in [-0.2, -0.15) is 0 Å². The predicted molar refractivity (Wildman–Crippen MR) is 65.7 cm³/mol. The minimum Gasteiger partial charge on any atom is -0.478 e. The van der Waals surface area contributed by atoms with Crippen molar-refractivity contribution in [2.75, 3.05) is 5.32 Å². The Labute approximate surface area is 97.4 Å². The van der Waals surface area contributed by atoms with E-state index in [1.807, 2.05) is 42.6 Å². The van der Waals surface area contributed by atoms with E-state index in [4.69, 9.17) is 5.11 Å². The summed E-state index contributed by atoms with van der Waals surface area (Å²) in [7, 11) is 0. The highest BCUT2D eigenvalue weighted by molar-refractivity contribution is 7.10. The third-order valence-electron chi connectivity index (χ3n) is 2.24. The van der Waals surface area contributed by atoms with Crippen molar-refractivity contribution in [1.82, 2.24) is 0 Å². The maximum Gasteiger partial charge on any atom is 0.338 e. The molecule has 0 bridgehead atoms. The Morgan fingerprint density at radius 1 is 1.31 bits per heavy atom. The number of aromatic carboxylic acids is 1. The lowest BCUT2D eigenvalue weighted by molar-refractivity contribution is 0.0698. The number of rotatable bonds is 3. The van der Waals surface area contributed by atoms with Crippen LogP contribution in [-0.2, 0) is 0 Å². The summed E-state index contributed by atoms with van der Waals surface area (Å²) in [6.45, 7) is 1.81. The largest absolute Gasteiger partial charge is 0.478 e. The number of carboxylic acid groups (broad SMARTS) is 1. The molecule has 0 radical (unpaired) electrons. The molecule has 3 nitrogen and oxygen atoms in total. The van der Waals surface area contributed by atoms with Gasteiger partial charge in [0.15, 0.2) is 0 Å². The van der Waals surface area contributed by atoms with Crippen LogP contribution in [0.5, 0.6) is 0 Å². The Balaban J connectivity index is 2.32. The van der Waals surface area contributed by atoms with Crippen molar-refractivity contribution in [3.63, 3.8) is 0 Å². The quantitative estimate of drug-likeness (QED) is 0.853. The molecule has 16 heavy (non-hydrogen) atoms. The summed E-state index contributed by atoms with van der Waals surface area (Å²) in [6.07, 6.45) is 0. The Kier molecular flexibility index (Phi) is 2.92. The molecule has 0 aliphatic carbocycles. The highest BCUT2D eigenvalue weighted by Gasteiger charge is 2.15. The first-order valence-electron chi connectivity index (χ1n) is 4.82. The average molecular weight is 233 g/mol. The number of hydrogen-bond acceptors (Lipinski definition) is 3. The minimum atomic E-state index is -0.891. The van der Waals surface area contributed by atoms with Gasteiger partial charge in [0.05, 0.1) is 11.3 Å². The highest BCUT2D eigenvalue weighted by Crippen LogP contribution is 2.29. The van der Waals surface area contributed by atoms with Gasteiger partial charge in [0.1, 0.15) is 0 Å². The summed E-state index contributed by atoms with van der Waals surface area (Å²) in [6, 6.07) is 9.53. The van der Waals surface area contributed by atoms with Crippen LogP contribution < -0.4 is 5.32 Å². The number of carbonyl (C=O) groups is 1. The van der Waals surface area contributed by atoms with Crippen LogP contribution in [-0.4, -0.2) is 11.1 Å². The zero-order chi connectivity index (χ0) is 11.5. The number of thiophene rings is 1. The number of aryl methyl sites for hydroxylation is 1. The van der Waals surface area contributed by atoms with E-state index >= 15 is 0 Å². The number of hydrogen-bond donors (Lipinski definition) is 2. The van der Waals surface area contributed by atoms with Crippen LogP contribution in [0.4, 0.5) is 11.4 Å². The molecule has 1 aromatic carbocycles. The summed E-state index contributed by atoms with van der Waals surface area (Å²) < 4.78 is 0. The van der Waals surface area contributed by atoms with E-state index in [-0.39, 0.29) is 0 Å². The zero-order valence-electron chi connectivity index (χ0n) is 8.73. The minimum absolute atomic E-state index is 0.355. The summed E-state index contributed by atoms with van der Waals surface area (Å²) in [5, 5.41) is 14.0. The molecule has 0 saturated heterocycles. The molecule has 0 fully saturated rings. The first kappa shape index (κ1) is 10.7. The topological polar surface area (TPSA) is 49.3 Å². The molecule has 4 heteroatoms. The SMILES string of the molecule is Cc1scc(Nc2ccccc2)c1C(=O)O. The normalized spacial score (nSPS) is 10.1. The molecule has 1 aromatic heterocycles. The number of nitrogens with one attached hydrogen (secondary N) is 1. The van der Waals surface area contributed by atoms with Crippen molar-refractivity contribution in [3.8, 4) is 0 Å². The molecule has 0 aliphatic rings. The summed E-state index contributed by atoms with van der Waals surface area (Å²) >= 11 is 1.44. The van der Waals surface area contributed by atoms with Crippen LogP contribution >= 0.6 is 11.3 Å². The second-order valence-electron chi connectivity index (χ2n) is 3.38. The van der Waals surface area contributed by atoms with Crippen LogP contribution in [0.25, 0.3) is 0 Å². The molecule has 1 heterocycles. The second-order valence-corrected chi connectivity index (χ2v) is 4.46. The van der Waals surface area contributed by atoms with E-state index < -0.39 is 5.97 Å². The van der Waals surface area contributed by atoms with Gasteiger partial charge in [0.25, 0.3) is 0 Å². The van der Waals surface area contributed by atoms with Gasteiger partial charge in [-0.15, -0.1) is 11.3 Å². The second kappa shape index (κ2) is 4.37. The molecule has 2 N–H and O–H groups in total. The van der Waals surface area contributed by atoms with Gasteiger partial charge >= 0.3 is 5.97 Å². The van der Waals surface area contributed by atoms with Gasteiger partial charge in [-0.3, -0.25) is 0 Å². The van der Waals surface area contributed by atoms with Crippen LogP contribution in [0.15, 0.2) is 35.7 Å². The molecule has 0 unspecified atom stereocenters. The summed E-state index contributed by atoms with van der Waals surface area (Å²) in [5.41, 5.74) is 1.90. The maximum absolute atomic E-state index is 11.1. The summed E-state index contributed by atoms with van der Waals surface area (Å²) in [5.74, 6) is -0.891. The van der Waals surface area contributed by atoms with E-state index in [9.17, 15) is 4.79 Å². The van der Waals surface area contributed by atoms with Crippen molar-refractivity contribution < 1.29 is 9.90 Å². The fourth-order valence-corrected chi connectivity index (χ4v) is 2.28. The number of benzene rings is 1. The van der Waals surface area contributed by atoms with Gasteiger partial charge in [-0.05, 0) is 19.1 Å². The fraction of sp³-hybridized carbons (Fsp3) is 0.0833. The standard InChI is InChI=1S/C12H11NO2S/c1-8-11(12(14)15)10(7-16-8)13-9-5-3-2-4-6-9/h2-7,13H,1H3,(H,14,15). The summed E-state index contributed by atoms with van der Waals surface area (Å²) in [4.78, 5) is 11.9. The Hall–Kier alpha value is -1.81. The van der Waals surface area contributed by atoms with Crippen LogP contribution in [0.3, 0.4) is 0 Å². The molecular formula is C12H11NO2S. The van der Waals surface area contributed by atoms with Crippen LogP contribution in [0.1, 0.15) is 15.2 Å². The maximum atomic E-state index is 11.1. The van der Waals surface area contributed by atoms with E-state index in [2.05, 4.69) is 5.32 Å². The van der Waals surface area contributed by atoms with E-state index in [0.29, 0.717) is 11.3 Å². The lowest BCUT2D eigenvalue weighted by atomic mass is 10.2. The zero-order valence-corrected chi connectivity index (χ0v) is 9.54. The van der Waals surface area contributed by atoms with Crippen molar-refractivity contribution in [2.24, 2.45) is 0 Å². The third kappa shape index (κ3) is 2.06. The number of para-hydroxylation sites is 1. The monoisotopic (exact) mass is 233 g/mol. The molecule has 82 valence electrons. The molecule has 2 aromatic rings. The van der Waals surface area contributed by atoms with E-state index in [0.717, 1.165) is 10.6 Å². The molecule has 0 amide bonds. The van der Waals surface area contributed by atoms with Gasteiger partial charge in [-0.25, -0.2) is 4.79 Å². The van der Waals surface area contributed by atoms with Gasteiger partial charge in [-0.1, -0.05) is 18.2 Å².